The second kappa shape index (κ2) is 12.7. The fraction of sp³-hybridized carbons (Fsp3) is 0.429. The van der Waals surface area contributed by atoms with E-state index in [0.717, 1.165) is 12.8 Å². The molecule has 210 valence electrons. The van der Waals surface area contributed by atoms with Crippen molar-refractivity contribution in [3.05, 3.63) is 75.5 Å². The van der Waals surface area contributed by atoms with Gasteiger partial charge in [-0.25, -0.2) is 13.4 Å². The molecule has 0 saturated carbocycles. The first-order valence-corrected chi connectivity index (χ1v) is 15.2. The first-order valence-electron chi connectivity index (χ1n) is 12.8. The van der Waals surface area contributed by atoms with Crippen LogP contribution in [0.3, 0.4) is 0 Å². The Morgan fingerprint density at radius 2 is 2.03 bits per heavy atom. The third-order valence-electron chi connectivity index (χ3n) is 6.47. The molecule has 0 unspecified atom stereocenters. The minimum atomic E-state index is -3.80. The minimum Gasteiger partial charge on any atom is -0.497 e. The minimum absolute atomic E-state index is 0.0249. The van der Waals surface area contributed by atoms with Gasteiger partial charge in [0.05, 0.1) is 48.0 Å². The summed E-state index contributed by atoms with van der Waals surface area (Å²) in [5.41, 5.74) is 1.53. The van der Waals surface area contributed by atoms with Gasteiger partial charge in [-0.3, -0.25) is 4.79 Å². The molecule has 1 fully saturated rings. The molecule has 39 heavy (non-hydrogen) atoms. The van der Waals surface area contributed by atoms with Gasteiger partial charge in [0.25, 0.3) is 5.91 Å². The number of rotatable bonds is 11. The molecule has 2 heterocycles. The topological polar surface area (TPSA) is 90.7 Å². The molecule has 1 aromatic heterocycles. The molecule has 0 radical (unpaired) electrons. The lowest BCUT2D eigenvalue weighted by Gasteiger charge is -2.27. The maximum absolute atomic E-state index is 13.7. The fourth-order valence-corrected chi connectivity index (χ4v) is 6.63. The zero-order valence-corrected chi connectivity index (χ0v) is 24.6. The molecule has 8 nitrogen and oxygen atoms in total. The Balaban J connectivity index is 1.68. The third kappa shape index (κ3) is 7.33. The molecule has 4 rings (SSSR count). The van der Waals surface area contributed by atoms with Crippen LogP contribution in [0.1, 0.15) is 48.3 Å². The molecule has 0 spiro atoms. The maximum Gasteiger partial charge on any atom is 0.255 e. The first kappa shape index (κ1) is 29.4. The number of carbonyl (C=O) groups excluding carboxylic acids is 1. The Morgan fingerprint density at radius 3 is 2.69 bits per heavy atom. The highest BCUT2D eigenvalue weighted by Gasteiger charge is 2.29. The van der Waals surface area contributed by atoms with Crippen LogP contribution in [0.15, 0.2) is 53.8 Å². The van der Waals surface area contributed by atoms with Crippen molar-refractivity contribution in [3.8, 4) is 5.75 Å². The quantitative estimate of drug-likeness (QED) is 0.285. The molecule has 2 aromatic carbocycles. The zero-order chi connectivity index (χ0) is 28.2. The van der Waals surface area contributed by atoms with E-state index in [9.17, 15) is 13.2 Å². The number of benzene rings is 2. The van der Waals surface area contributed by atoms with Gasteiger partial charge >= 0.3 is 0 Å². The van der Waals surface area contributed by atoms with Crippen molar-refractivity contribution in [1.82, 2.24) is 14.5 Å². The highest BCUT2D eigenvalue weighted by molar-refractivity contribution is 7.90. The van der Waals surface area contributed by atoms with Crippen molar-refractivity contribution >= 4 is 38.9 Å². The van der Waals surface area contributed by atoms with Crippen LogP contribution < -0.4 is 4.74 Å². The molecule has 1 saturated heterocycles. The molecule has 1 aliphatic rings. The molecule has 11 heteroatoms. The molecule has 1 atom stereocenters. The van der Waals surface area contributed by atoms with Gasteiger partial charge in [-0.2, -0.15) is 0 Å². The van der Waals surface area contributed by atoms with Crippen LogP contribution in [-0.4, -0.2) is 55.1 Å². The highest BCUT2D eigenvalue weighted by atomic mass is 35.5. The number of halogens is 2. The largest absolute Gasteiger partial charge is 0.497 e. The average molecular weight is 595 g/mol. The second-order valence-electron chi connectivity index (χ2n) is 10.1. The smallest absolute Gasteiger partial charge is 0.255 e. The van der Waals surface area contributed by atoms with Gasteiger partial charge in [0.1, 0.15) is 5.75 Å². The summed E-state index contributed by atoms with van der Waals surface area (Å²) in [6.45, 7) is 5.57. The van der Waals surface area contributed by atoms with Crippen LogP contribution in [0.25, 0.3) is 0 Å². The Labute approximate surface area is 239 Å². The van der Waals surface area contributed by atoms with E-state index in [1.165, 1.54) is 13.2 Å². The molecular formula is C28H33Cl2N3O5S. The van der Waals surface area contributed by atoms with Crippen molar-refractivity contribution in [1.29, 1.82) is 0 Å². The van der Waals surface area contributed by atoms with Gasteiger partial charge in [-0.15, -0.1) is 0 Å². The first-order chi connectivity index (χ1) is 18.6. The van der Waals surface area contributed by atoms with E-state index in [2.05, 4.69) is 4.98 Å². The molecule has 1 aliphatic heterocycles. The lowest BCUT2D eigenvalue weighted by Crippen LogP contribution is -2.37. The maximum atomic E-state index is 13.7. The van der Waals surface area contributed by atoms with Crippen molar-refractivity contribution in [2.75, 3.05) is 20.3 Å². The Kier molecular flexibility index (Phi) is 9.59. The summed E-state index contributed by atoms with van der Waals surface area (Å²) in [5, 5.41) is 0.660. The number of sulfone groups is 1. The third-order valence-corrected chi connectivity index (χ3v) is 8.61. The summed E-state index contributed by atoms with van der Waals surface area (Å²) < 4.78 is 39.9. The van der Waals surface area contributed by atoms with E-state index in [0.29, 0.717) is 47.3 Å². The van der Waals surface area contributed by atoms with Crippen molar-refractivity contribution in [3.63, 3.8) is 0 Å². The number of hydrogen-bond donors (Lipinski definition) is 0. The van der Waals surface area contributed by atoms with Crippen LogP contribution in [0.2, 0.25) is 10.0 Å². The molecule has 0 N–H and O–H groups in total. The van der Waals surface area contributed by atoms with Gasteiger partial charge < -0.3 is 18.9 Å². The van der Waals surface area contributed by atoms with Crippen molar-refractivity contribution < 1.29 is 22.7 Å². The molecule has 0 aliphatic carbocycles. The summed E-state index contributed by atoms with van der Waals surface area (Å²) in [7, 11) is -2.27. The van der Waals surface area contributed by atoms with Crippen LogP contribution in [-0.2, 0) is 33.4 Å². The van der Waals surface area contributed by atoms with E-state index in [4.69, 9.17) is 32.7 Å². The lowest BCUT2D eigenvalue weighted by atomic mass is 10.1. The van der Waals surface area contributed by atoms with E-state index < -0.39 is 9.84 Å². The van der Waals surface area contributed by atoms with Crippen molar-refractivity contribution in [2.24, 2.45) is 5.92 Å². The number of ether oxygens (including phenoxy) is 2. The SMILES string of the molecule is COc1cccc(CS(=O)(=O)c2ncc(CN(C[C@H]3CCCO3)C(=O)c3ccc(Cl)cc3Cl)n2CC(C)C)c1. The molecule has 1 amide bonds. The summed E-state index contributed by atoms with van der Waals surface area (Å²) in [4.78, 5) is 19.7. The summed E-state index contributed by atoms with van der Waals surface area (Å²) in [6, 6.07) is 11.7. The predicted molar refractivity (Wildman–Crippen MR) is 151 cm³/mol. The van der Waals surface area contributed by atoms with Crippen LogP contribution in [0.4, 0.5) is 0 Å². The average Bonchev–Trinajstić information content (AvgIpc) is 3.53. The van der Waals surface area contributed by atoms with Crippen LogP contribution >= 0.6 is 23.2 Å². The Hall–Kier alpha value is -2.59. The summed E-state index contributed by atoms with van der Waals surface area (Å²) in [5.74, 6) is 0.206. The van der Waals surface area contributed by atoms with E-state index in [1.807, 2.05) is 13.8 Å². The number of amides is 1. The van der Waals surface area contributed by atoms with Crippen molar-refractivity contribution in [2.45, 2.75) is 56.8 Å². The van der Waals surface area contributed by atoms with Gasteiger partial charge in [-0.1, -0.05) is 49.2 Å². The predicted octanol–water partition coefficient (Wildman–Crippen LogP) is 5.65. The Bertz CT molecular complexity index is 1420. The van der Waals surface area contributed by atoms with Crippen LogP contribution in [0.5, 0.6) is 5.75 Å². The number of methoxy groups -OCH3 is 1. The fourth-order valence-electron chi connectivity index (χ4n) is 4.66. The number of hydrogen-bond acceptors (Lipinski definition) is 6. The summed E-state index contributed by atoms with van der Waals surface area (Å²) in [6.07, 6.45) is 3.19. The standard InChI is InChI=1S/C28H33Cl2N3O5S/c1-19(2)15-33-22(14-31-28(33)39(35,36)18-20-6-4-7-23(12-20)37-3)16-32(17-24-8-5-11-38-24)27(34)25-10-9-21(29)13-26(25)30/h4,6-7,9-10,12-14,19,24H,5,8,11,15-18H2,1-3H3/t24-/m1/s1. The van der Waals surface area contributed by atoms with Gasteiger partial charge in [-0.05, 0) is 54.7 Å². The normalized spacial score (nSPS) is 15.6. The van der Waals surface area contributed by atoms with Crippen LogP contribution in [0, 0.1) is 5.92 Å². The van der Waals surface area contributed by atoms with Gasteiger partial charge in [0, 0.05) is 24.7 Å². The van der Waals surface area contributed by atoms with Gasteiger partial charge in [0.2, 0.25) is 15.0 Å². The molecular weight excluding hydrogens is 561 g/mol. The number of imidazole rings is 1. The van der Waals surface area contributed by atoms with E-state index >= 15 is 0 Å². The zero-order valence-electron chi connectivity index (χ0n) is 22.3. The monoisotopic (exact) mass is 593 g/mol. The highest BCUT2D eigenvalue weighted by Crippen LogP contribution is 2.26. The molecule has 0 bridgehead atoms. The second-order valence-corrected chi connectivity index (χ2v) is 12.8. The number of aromatic nitrogens is 2. The molecule has 3 aromatic rings. The van der Waals surface area contributed by atoms with E-state index in [-0.39, 0.29) is 40.4 Å². The van der Waals surface area contributed by atoms with E-state index in [1.54, 1.807) is 52.1 Å². The number of carbonyl (C=O) groups is 1. The summed E-state index contributed by atoms with van der Waals surface area (Å²) >= 11 is 12.4. The van der Waals surface area contributed by atoms with Gasteiger partial charge in [0.15, 0.2) is 0 Å². The number of nitrogens with zero attached hydrogens (tertiary/aromatic N) is 3. The Morgan fingerprint density at radius 1 is 1.23 bits per heavy atom. The lowest BCUT2D eigenvalue weighted by molar-refractivity contribution is 0.0501.